The van der Waals surface area contributed by atoms with Crippen LogP contribution >= 0.6 is 0 Å². The lowest BCUT2D eigenvalue weighted by atomic mass is 9.95. The predicted molar refractivity (Wildman–Crippen MR) is 131 cm³/mol. The fourth-order valence-corrected chi connectivity index (χ4v) is 3.32. The molecule has 2 aromatic rings. The molecule has 0 aromatic heterocycles. The molecule has 0 spiro atoms. The number of benzene rings is 2. The van der Waals surface area contributed by atoms with Gasteiger partial charge in [-0.2, -0.15) is 0 Å². The molecule has 0 heterocycles. The number of amides is 2. The van der Waals surface area contributed by atoms with Gasteiger partial charge in [0.25, 0.3) is 0 Å². The fraction of sp³-hybridized carbons (Fsp3) is 0.444. The topological polar surface area (TPSA) is 93.7 Å². The van der Waals surface area contributed by atoms with Crippen LogP contribution in [-0.2, 0) is 32.3 Å². The van der Waals surface area contributed by atoms with Gasteiger partial charge in [-0.25, -0.2) is 9.59 Å². The van der Waals surface area contributed by atoms with E-state index in [-0.39, 0.29) is 25.0 Å². The first kappa shape index (κ1) is 26.9. The summed E-state index contributed by atoms with van der Waals surface area (Å²) in [6.45, 7) is 7.86. The summed E-state index contributed by atoms with van der Waals surface area (Å²) in [7, 11) is 0. The van der Waals surface area contributed by atoms with E-state index in [1.54, 1.807) is 0 Å². The van der Waals surface area contributed by atoms with E-state index >= 15 is 0 Å². The second-order valence-electron chi connectivity index (χ2n) is 8.53. The number of carbonyl (C=O) groups is 3. The van der Waals surface area contributed by atoms with Crippen LogP contribution in [0, 0.1) is 11.8 Å². The predicted octanol–water partition coefficient (Wildman–Crippen LogP) is 4.60. The van der Waals surface area contributed by atoms with E-state index < -0.39 is 30.1 Å². The highest BCUT2D eigenvalue weighted by Gasteiger charge is 2.33. The molecule has 0 bridgehead atoms. The Hall–Kier alpha value is -3.35. The molecule has 2 amide bonds. The standard InChI is InChI=1S/C27H36N2O5/c1-5-19(3)23(29-27(32)34-18-22-15-11-8-12-16-22)25(30)28-24(20(4)6-2)26(31)33-17-21-13-9-7-10-14-21/h7-16,19-20,23-24H,5-6,17-18H2,1-4H3,(H,28,30)(H,29,32)/t19?,20?,23?,24-/m0/s1. The number of nitrogens with one attached hydrogen (secondary N) is 2. The van der Waals surface area contributed by atoms with Crippen molar-refractivity contribution in [1.82, 2.24) is 10.6 Å². The number of rotatable bonds is 12. The Kier molecular flexibility index (Phi) is 11.1. The van der Waals surface area contributed by atoms with Gasteiger partial charge < -0.3 is 20.1 Å². The lowest BCUT2D eigenvalue weighted by Gasteiger charge is -2.28. The van der Waals surface area contributed by atoms with Crippen LogP contribution in [0.3, 0.4) is 0 Å². The Morgan fingerprint density at radius 1 is 0.706 bits per heavy atom. The van der Waals surface area contributed by atoms with Crippen molar-refractivity contribution in [2.45, 2.75) is 65.8 Å². The van der Waals surface area contributed by atoms with Crippen molar-refractivity contribution >= 4 is 18.0 Å². The third kappa shape index (κ3) is 8.54. The Balaban J connectivity index is 2.02. The summed E-state index contributed by atoms with van der Waals surface area (Å²) < 4.78 is 10.8. The van der Waals surface area contributed by atoms with Crippen LogP contribution in [0.15, 0.2) is 60.7 Å². The summed E-state index contributed by atoms with van der Waals surface area (Å²) in [5.74, 6) is -1.24. The zero-order chi connectivity index (χ0) is 24.9. The van der Waals surface area contributed by atoms with Crippen LogP contribution in [0.2, 0.25) is 0 Å². The number of esters is 1. The van der Waals surface area contributed by atoms with E-state index in [1.165, 1.54) is 0 Å². The molecule has 0 fully saturated rings. The maximum Gasteiger partial charge on any atom is 0.408 e. The SMILES string of the molecule is CCC(C)C(NC(=O)OCc1ccccc1)C(=O)N[C@H](C(=O)OCc1ccccc1)C(C)CC. The maximum atomic E-state index is 13.2. The van der Waals surface area contributed by atoms with Gasteiger partial charge in [-0.05, 0) is 23.0 Å². The first-order valence-electron chi connectivity index (χ1n) is 11.8. The highest BCUT2D eigenvalue weighted by Crippen LogP contribution is 2.14. The van der Waals surface area contributed by atoms with Gasteiger partial charge in [0.15, 0.2) is 0 Å². The van der Waals surface area contributed by atoms with Crippen molar-refractivity contribution in [3.8, 4) is 0 Å². The highest BCUT2D eigenvalue weighted by molar-refractivity contribution is 5.90. The Bertz CT molecular complexity index is 904. The van der Waals surface area contributed by atoms with Crippen molar-refractivity contribution in [2.75, 3.05) is 0 Å². The van der Waals surface area contributed by atoms with E-state index in [2.05, 4.69) is 10.6 Å². The highest BCUT2D eigenvalue weighted by atomic mass is 16.5. The van der Waals surface area contributed by atoms with Gasteiger partial charge in [-0.1, -0.05) is 101 Å². The van der Waals surface area contributed by atoms with E-state index in [4.69, 9.17) is 9.47 Å². The van der Waals surface area contributed by atoms with Gasteiger partial charge in [0.1, 0.15) is 25.3 Å². The summed E-state index contributed by atoms with van der Waals surface area (Å²) in [6.07, 6.45) is 0.645. The third-order valence-corrected chi connectivity index (χ3v) is 5.97. The lowest BCUT2D eigenvalue weighted by Crippen LogP contribution is -2.55. The van der Waals surface area contributed by atoms with E-state index in [9.17, 15) is 14.4 Å². The van der Waals surface area contributed by atoms with Crippen molar-refractivity contribution in [3.63, 3.8) is 0 Å². The molecule has 4 atom stereocenters. The smallest absolute Gasteiger partial charge is 0.408 e. The van der Waals surface area contributed by atoms with E-state index in [1.807, 2.05) is 88.4 Å². The molecule has 0 aliphatic heterocycles. The van der Waals surface area contributed by atoms with Crippen LogP contribution in [-0.4, -0.2) is 30.1 Å². The Labute approximate surface area is 202 Å². The normalized spacial score (nSPS) is 14.2. The fourth-order valence-electron chi connectivity index (χ4n) is 3.32. The molecule has 0 saturated carbocycles. The van der Waals surface area contributed by atoms with Crippen molar-refractivity contribution < 1.29 is 23.9 Å². The van der Waals surface area contributed by atoms with Crippen molar-refractivity contribution in [1.29, 1.82) is 0 Å². The van der Waals surface area contributed by atoms with Crippen LogP contribution in [0.4, 0.5) is 4.79 Å². The van der Waals surface area contributed by atoms with Crippen LogP contribution in [0.1, 0.15) is 51.7 Å². The van der Waals surface area contributed by atoms with Gasteiger partial charge in [0, 0.05) is 0 Å². The molecule has 0 aliphatic rings. The molecule has 2 N–H and O–H groups in total. The molecule has 0 radical (unpaired) electrons. The van der Waals surface area contributed by atoms with Gasteiger partial charge in [-0.3, -0.25) is 4.79 Å². The van der Waals surface area contributed by atoms with Gasteiger partial charge >= 0.3 is 12.1 Å². The molecule has 184 valence electrons. The molecular formula is C27H36N2O5. The number of hydrogen-bond donors (Lipinski definition) is 2. The molecule has 0 aliphatic carbocycles. The molecule has 7 heteroatoms. The molecule has 7 nitrogen and oxygen atoms in total. The summed E-state index contributed by atoms with van der Waals surface area (Å²) in [6, 6.07) is 17.0. The molecule has 2 rings (SSSR count). The lowest BCUT2D eigenvalue weighted by molar-refractivity contribution is -0.151. The van der Waals surface area contributed by atoms with E-state index in [0.717, 1.165) is 11.1 Å². The number of hydrogen-bond acceptors (Lipinski definition) is 5. The molecule has 34 heavy (non-hydrogen) atoms. The molecular weight excluding hydrogens is 432 g/mol. The Morgan fingerprint density at radius 2 is 1.18 bits per heavy atom. The average molecular weight is 469 g/mol. The maximum absolute atomic E-state index is 13.2. The average Bonchev–Trinajstić information content (AvgIpc) is 2.87. The second kappa shape index (κ2) is 14.0. The summed E-state index contributed by atoms with van der Waals surface area (Å²) >= 11 is 0. The van der Waals surface area contributed by atoms with Crippen molar-refractivity contribution in [2.24, 2.45) is 11.8 Å². The van der Waals surface area contributed by atoms with Gasteiger partial charge in [0.2, 0.25) is 5.91 Å². The van der Waals surface area contributed by atoms with Crippen molar-refractivity contribution in [3.05, 3.63) is 71.8 Å². The Morgan fingerprint density at radius 3 is 1.68 bits per heavy atom. The summed E-state index contributed by atoms with van der Waals surface area (Å²) in [5.41, 5.74) is 1.71. The first-order chi connectivity index (χ1) is 16.3. The van der Waals surface area contributed by atoms with Crippen LogP contribution < -0.4 is 10.6 Å². The van der Waals surface area contributed by atoms with Crippen LogP contribution in [0.25, 0.3) is 0 Å². The zero-order valence-electron chi connectivity index (χ0n) is 20.5. The third-order valence-electron chi connectivity index (χ3n) is 5.97. The number of alkyl carbamates (subject to hydrolysis) is 1. The molecule has 2 aromatic carbocycles. The summed E-state index contributed by atoms with van der Waals surface area (Å²) in [5, 5.41) is 5.49. The first-order valence-corrected chi connectivity index (χ1v) is 11.8. The summed E-state index contributed by atoms with van der Waals surface area (Å²) in [4.78, 5) is 38.4. The molecule has 3 unspecified atom stereocenters. The largest absolute Gasteiger partial charge is 0.459 e. The minimum atomic E-state index is -0.846. The van der Waals surface area contributed by atoms with Crippen LogP contribution in [0.5, 0.6) is 0 Å². The zero-order valence-corrected chi connectivity index (χ0v) is 20.5. The van der Waals surface area contributed by atoms with Gasteiger partial charge in [0.05, 0.1) is 0 Å². The minimum absolute atomic E-state index is 0.100. The molecule has 0 saturated heterocycles. The van der Waals surface area contributed by atoms with Gasteiger partial charge in [-0.15, -0.1) is 0 Å². The quantitative estimate of drug-likeness (QED) is 0.444. The number of ether oxygens (including phenoxy) is 2. The van der Waals surface area contributed by atoms with E-state index in [0.29, 0.717) is 12.8 Å². The number of carbonyl (C=O) groups excluding carboxylic acids is 3. The second-order valence-corrected chi connectivity index (χ2v) is 8.53. The minimum Gasteiger partial charge on any atom is -0.459 e. The monoisotopic (exact) mass is 468 g/mol.